The molecule has 120 valence electrons. The Morgan fingerprint density at radius 1 is 0.958 bits per heavy atom. The van der Waals surface area contributed by atoms with Gasteiger partial charge in [0, 0.05) is 11.3 Å². The molecule has 0 saturated heterocycles. The molecule has 3 rings (SSSR count). The smallest absolute Gasteiger partial charge is 0.335 e. The molecule has 0 saturated carbocycles. The van der Waals surface area contributed by atoms with Crippen LogP contribution >= 0.6 is 11.8 Å². The number of rotatable bonds is 5. The number of thioether (sulfide) groups is 1. The fourth-order valence-electron chi connectivity index (χ4n) is 2.18. The minimum atomic E-state index is -0.910. The van der Waals surface area contributed by atoms with Crippen LogP contribution in [-0.2, 0) is 5.75 Å². The highest BCUT2D eigenvalue weighted by Gasteiger charge is 2.04. The van der Waals surface area contributed by atoms with Crippen LogP contribution in [0, 0.1) is 6.92 Å². The van der Waals surface area contributed by atoms with E-state index in [1.807, 2.05) is 36.4 Å². The Bertz CT molecular complexity index is 829. The molecular formula is C19H16N2O2S. The molecule has 0 aliphatic carbocycles. The van der Waals surface area contributed by atoms with E-state index < -0.39 is 5.97 Å². The van der Waals surface area contributed by atoms with Gasteiger partial charge in [-0.2, -0.15) is 0 Å². The molecule has 0 radical (unpaired) electrons. The zero-order valence-electron chi connectivity index (χ0n) is 13.1. The molecule has 5 heteroatoms. The quantitative estimate of drug-likeness (QED) is 0.698. The summed E-state index contributed by atoms with van der Waals surface area (Å²) in [5.41, 5.74) is 4.47. The van der Waals surface area contributed by atoms with E-state index in [0.717, 1.165) is 27.6 Å². The third-order valence-electron chi connectivity index (χ3n) is 3.58. The Kier molecular flexibility index (Phi) is 4.91. The highest BCUT2D eigenvalue weighted by molar-refractivity contribution is 7.98. The van der Waals surface area contributed by atoms with Crippen molar-refractivity contribution in [2.75, 3.05) is 0 Å². The fourth-order valence-corrected chi connectivity index (χ4v) is 2.95. The second-order valence-corrected chi connectivity index (χ2v) is 6.41. The van der Waals surface area contributed by atoms with E-state index in [0.29, 0.717) is 5.56 Å². The minimum Gasteiger partial charge on any atom is -0.478 e. The number of hydrogen-bond acceptors (Lipinski definition) is 4. The number of aryl methyl sites for hydroxylation is 1. The van der Waals surface area contributed by atoms with Gasteiger partial charge in [0.25, 0.3) is 0 Å². The first kappa shape index (κ1) is 16.2. The van der Waals surface area contributed by atoms with Crippen molar-refractivity contribution in [3.8, 4) is 11.3 Å². The highest BCUT2D eigenvalue weighted by Crippen LogP contribution is 2.23. The molecule has 0 aliphatic rings. The SMILES string of the molecule is Cc1ccc(-c2ccc(SCc3ccc(C(=O)O)cc3)nn2)cc1. The molecule has 0 aliphatic heterocycles. The molecule has 0 amide bonds. The van der Waals surface area contributed by atoms with Gasteiger partial charge in [-0.1, -0.05) is 53.7 Å². The van der Waals surface area contributed by atoms with Gasteiger partial charge in [0.15, 0.2) is 0 Å². The summed E-state index contributed by atoms with van der Waals surface area (Å²) in [6, 6.07) is 19.0. The standard InChI is InChI=1S/C19H16N2O2S/c1-13-2-6-15(7-3-13)17-10-11-18(21-20-17)24-12-14-4-8-16(9-5-14)19(22)23/h2-11H,12H2,1H3,(H,22,23). The Balaban J connectivity index is 1.63. The number of carbonyl (C=O) groups is 1. The van der Waals surface area contributed by atoms with Gasteiger partial charge in [-0.3, -0.25) is 0 Å². The molecule has 1 N–H and O–H groups in total. The van der Waals surface area contributed by atoms with E-state index in [-0.39, 0.29) is 0 Å². The maximum atomic E-state index is 10.8. The summed E-state index contributed by atoms with van der Waals surface area (Å²) in [6.07, 6.45) is 0. The van der Waals surface area contributed by atoms with Crippen LogP contribution in [0.3, 0.4) is 0 Å². The predicted octanol–water partition coefficient (Wildman–Crippen LogP) is 4.44. The molecule has 24 heavy (non-hydrogen) atoms. The molecule has 0 bridgehead atoms. The Morgan fingerprint density at radius 2 is 1.67 bits per heavy atom. The van der Waals surface area contributed by atoms with Gasteiger partial charge in [-0.05, 0) is 36.8 Å². The van der Waals surface area contributed by atoms with Crippen molar-refractivity contribution in [2.24, 2.45) is 0 Å². The van der Waals surface area contributed by atoms with Crippen molar-refractivity contribution in [3.05, 3.63) is 77.4 Å². The number of aromatic nitrogens is 2. The van der Waals surface area contributed by atoms with Crippen molar-refractivity contribution in [3.63, 3.8) is 0 Å². The predicted molar refractivity (Wildman–Crippen MR) is 95.2 cm³/mol. The topological polar surface area (TPSA) is 63.1 Å². The normalized spacial score (nSPS) is 10.5. The van der Waals surface area contributed by atoms with Crippen LogP contribution in [0.5, 0.6) is 0 Å². The molecule has 2 aromatic carbocycles. The average molecular weight is 336 g/mol. The van der Waals surface area contributed by atoms with Gasteiger partial charge in [-0.25, -0.2) is 4.79 Å². The zero-order chi connectivity index (χ0) is 16.9. The Hall–Kier alpha value is -2.66. The van der Waals surface area contributed by atoms with Crippen LogP contribution < -0.4 is 0 Å². The van der Waals surface area contributed by atoms with Crippen LogP contribution in [0.4, 0.5) is 0 Å². The zero-order valence-corrected chi connectivity index (χ0v) is 14.0. The number of aromatic carboxylic acids is 1. The first-order valence-electron chi connectivity index (χ1n) is 7.47. The van der Waals surface area contributed by atoms with Gasteiger partial charge < -0.3 is 5.11 Å². The second kappa shape index (κ2) is 7.27. The second-order valence-electron chi connectivity index (χ2n) is 5.41. The van der Waals surface area contributed by atoms with E-state index in [1.54, 1.807) is 23.9 Å². The van der Waals surface area contributed by atoms with Crippen LogP contribution in [0.1, 0.15) is 21.5 Å². The summed E-state index contributed by atoms with van der Waals surface area (Å²) in [4.78, 5) is 10.8. The first-order valence-corrected chi connectivity index (χ1v) is 8.46. The van der Waals surface area contributed by atoms with Gasteiger partial charge in [0.2, 0.25) is 0 Å². The third kappa shape index (κ3) is 4.00. The molecule has 0 fully saturated rings. The molecule has 4 nitrogen and oxygen atoms in total. The van der Waals surface area contributed by atoms with Gasteiger partial charge in [0.1, 0.15) is 5.03 Å². The first-order chi connectivity index (χ1) is 11.6. The summed E-state index contributed by atoms with van der Waals surface area (Å²) in [5, 5.41) is 18.3. The van der Waals surface area contributed by atoms with Crippen molar-refractivity contribution in [1.82, 2.24) is 10.2 Å². The largest absolute Gasteiger partial charge is 0.478 e. The Morgan fingerprint density at radius 3 is 2.25 bits per heavy atom. The summed E-state index contributed by atoms with van der Waals surface area (Å²) in [5.74, 6) is -0.190. The number of carboxylic acid groups (broad SMARTS) is 1. The number of hydrogen-bond donors (Lipinski definition) is 1. The van der Waals surface area contributed by atoms with Gasteiger partial charge >= 0.3 is 5.97 Å². The lowest BCUT2D eigenvalue weighted by atomic mass is 10.1. The lowest BCUT2D eigenvalue weighted by molar-refractivity contribution is 0.0697. The maximum absolute atomic E-state index is 10.8. The fraction of sp³-hybridized carbons (Fsp3) is 0.105. The van der Waals surface area contributed by atoms with E-state index >= 15 is 0 Å². The van der Waals surface area contributed by atoms with Crippen LogP contribution in [0.15, 0.2) is 65.7 Å². The van der Waals surface area contributed by atoms with Crippen LogP contribution in [0.25, 0.3) is 11.3 Å². The minimum absolute atomic E-state index is 0.297. The summed E-state index contributed by atoms with van der Waals surface area (Å²) in [7, 11) is 0. The maximum Gasteiger partial charge on any atom is 0.335 e. The van der Waals surface area contributed by atoms with Crippen LogP contribution in [-0.4, -0.2) is 21.3 Å². The van der Waals surface area contributed by atoms with E-state index in [1.165, 1.54) is 5.56 Å². The lowest BCUT2D eigenvalue weighted by Crippen LogP contribution is -1.95. The van der Waals surface area contributed by atoms with Gasteiger partial charge in [-0.15, -0.1) is 10.2 Å². The third-order valence-corrected chi connectivity index (χ3v) is 4.57. The van der Waals surface area contributed by atoms with Crippen molar-refractivity contribution in [2.45, 2.75) is 17.7 Å². The highest BCUT2D eigenvalue weighted by atomic mass is 32.2. The van der Waals surface area contributed by atoms with E-state index in [9.17, 15) is 4.79 Å². The summed E-state index contributed by atoms with van der Waals surface area (Å²) in [6.45, 7) is 2.05. The number of benzene rings is 2. The molecule has 0 unspecified atom stereocenters. The summed E-state index contributed by atoms with van der Waals surface area (Å²) < 4.78 is 0. The monoisotopic (exact) mass is 336 g/mol. The molecule has 1 aromatic heterocycles. The molecule has 1 heterocycles. The number of carboxylic acids is 1. The summed E-state index contributed by atoms with van der Waals surface area (Å²) >= 11 is 1.57. The average Bonchev–Trinajstić information content (AvgIpc) is 2.61. The molecule has 0 atom stereocenters. The van der Waals surface area contributed by atoms with Crippen molar-refractivity contribution in [1.29, 1.82) is 0 Å². The van der Waals surface area contributed by atoms with Gasteiger partial charge in [0.05, 0.1) is 11.3 Å². The van der Waals surface area contributed by atoms with Crippen LogP contribution in [0.2, 0.25) is 0 Å². The van der Waals surface area contributed by atoms with E-state index in [2.05, 4.69) is 29.3 Å². The van der Waals surface area contributed by atoms with Crippen molar-refractivity contribution < 1.29 is 9.90 Å². The molecular weight excluding hydrogens is 320 g/mol. The Labute approximate surface area is 144 Å². The van der Waals surface area contributed by atoms with E-state index in [4.69, 9.17) is 5.11 Å². The van der Waals surface area contributed by atoms with Crippen molar-refractivity contribution >= 4 is 17.7 Å². The lowest BCUT2D eigenvalue weighted by Gasteiger charge is -2.04. The molecule has 3 aromatic rings. The number of nitrogens with zero attached hydrogens (tertiary/aromatic N) is 2. The molecule has 0 spiro atoms.